The van der Waals surface area contributed by atoms with Gasteiger partial charge in [0.15, 0.2) is 5.11 Å². The number of amides is 1. The number of rotatable bonds is 2. The lowest BCUT2D eigenvalue weighted by Crippen LogP contribution is -2.19. The lowest BCUT2D eigenvalue weighted by atomic mass is 9.98. The van der Waals surface area contributed by atoms with E-state index in [4.69, 9.17) is 18.0 Å². The Morgan fingerprint density at radius 2 is 2.38 bits per heavy atom. The highest BCUT2D eigenvalue weighted by atomic mass is 32.1. The van der Waals surface area contributed by atoms with Gasteiger partial charge in [0.25, 0.3) is 0 Å². The Morgan fingerprint density at radius 3 is 3.00 bits per heavy atom. The molecule has 4 nitrogen and oxygen atoms in total. The van der Waals surface area contributed by atoms with E-state index in [9.17, 15) is 4.79 Å². The van der Waals surface area contributed by atoms with Gasteiger partial charge in [-0.2, -0.15) is 0 Å². The average molecular weight is 235 g/mol. The summed E-state index contributed by atoms with van der Waals surface area (Å²) in [4.78, 5) is 11.1. The molecule has 1 atom stereocenters. The summed E-state index contributed by atoms with van der Waals surface area (Å²) < 4.78 is 0. The van der Waals surface area contributed by atoms with E-state index in [0.29, 0.717) is 13.0 Å². The Hall–Kier alpha value is -1.62. The summed E-state index contributed by atoms with van der Waals surface area (Å²) in [6.45, 7) is 0.704. The summed E-state index contributed by atoms with van der Waals surface area (Å²) in [5, 5.41) is 5.95. The first-order valence-electron chi connectivity index (χ1n) is 5.08. The number of nitrogens with one attached hydrogen (secondary N) is 2. The van der Waals surface area contributed by atoms with Gasteiger partial charge in [-0.05, 0) is 29.9 Å². The molecule has 2 rings (SSSR count). The highest BCUT2D eigenvalue weighted by Gasteiger charge is 2.22. The van der Waals surface area contributed by atoms with Gasteiger partial charge in [-0.25, -0.2) is 0 Å². The second-order valence-electron chi connectivity index (χ2n) is 3.82. The predicted octanol–water partition coefficient (Wildman–Crippen LogP) is 0.946. The van der Waals surface area contributed by atoms with Crippen LogP contribution < -0.4 is 16.4 Å². The van der Waals surface area contributed by atoms with Gasteiger partial charge < -0.3 is 16.4 Å². The molecule has 4 N–H and O–H groups in total. The molecule has 0 radical (unpaired) electrons. The molecule has 1 aromatic carbocycles. The van der Waals surface area contributed by atoms with Gasteiger partial charge in [0.2, 0.25) is 5.91 Å². The normalized spacial score (nSPS) is 19.2. The third-order valence-corrected chi connectivity index (χ3v) is 2.71. The monoisotopic (exact) mass is 235 g/mol. The van der Waals surface area contributed by atoms with Crippen molar-refractivity contribution < 1.29 is 4.79 Å². The quantitative estimate of drug-likeness (QED) is 0.668. The van der Waals surface area contributed by atoms with Gasteiger partial charge in [0.05, 0.1) is 0 Å². The van der Waals surface area contributed by atoms with Crippen molar-refractivity contribution in [1.82, 2.24) is 5.32 Å². The number of benzene rings is 1. The van der Waals surface area contributed by atoms with E-state index in [1.54, 1.807) is 0 Å². The summed E-state index contributed by atoms with van der Waals surface area (Å²) in [6, 6.07) is 7.81. The maximum atomic E-state index is 11.1. The van der Waals surface area contributed by atoms with Crippen LogP contribution in [-0.4, -0.2) is 17.6 Å². The molecule has 1 aliphatic rings. The first-order valence-corrected chi connectivity index (χ1v) is 5.49. The van der Waals surface area contributed by atoms with Crippen molar-refractivity contribution >= 4 is 28.9 Å². The van der Waals surface area contributed by atoms with E-state index in [-0.39, 0.29) is 16.9 Å². The van der Waals surface area contributed by atoms with Crippen LogP contribution in [0.15, 0.2) is 24.3 Å². The molecule has 1 amide bonds. The van der Waals surface area contributed by atoms with Crippen molar-refractivity contribution in [3.8, 4) is 0 Å². The number of hydrogen-bond acceptors (Lipinski definition) is 2. The molecule has 1 aliphatic heterocycles. The van der Waals surface area contributed by atoms with Crippen LogP contribution in [0.2, 0.25) is 0 Å². The summed E-state index contributed by atoms with van der Waals surface area (Å²) in [5.41, 5.74) is 7.39. The molecule has 1 unspecified atom stereocenters. The SMILES string of the molecule is NC(=S)Nc1cccc(C2CNC(=O)C2)c1. The minimum Gasteiger partial charge on any atom is -0.376 e. The number of nitrogens with two attached hydrogens (primary N) is 1. The maximum Gasteiger partial charge on any atom is 0.220 e. The van der Waals surface area contributed by atoms with Crippen molar-refractivity contribution in [2.45, 2.75) is 12.3 Å². The van der Waals surface area contributed by atoms with Crippen LogP contribution in [0, 0.1) is 0 Å². The molecule has 0 aliphatic carbocycles. The van der Waals surface area contributed by atoms with Crippen molar-refractivity contribution in [1.29, 1.82) is 0 Å². The molecule has 1 aromatic rings. The van der Waals surface area contributed by atoms with Gasteiger partial charge in [-0.3, -0.25) is 4.79 Å². The van der Waals surface area contributed by atoms with Crippen molar-refractivity contribution in [2.24, 2.45) is 5.73 Å². The molecule has 0 saturated carbocycles. The Bertz CT molecular complexity index is 433. The Morgan fingerprint density at radius 1 is 1.56 bits per heavy atom. The molecular formula is C11H13N3OS. The maximum absolute atomic E-state index is 11.1. The largest absolute Gasteiger partial charge is 0.376 e. The molecular weight excluding hydrogens is 222 g/mol. The third-order valence-electron chi connectivity index (χ3n) is 2.60. The van der Waals surface area contributed by atoms with E-state index in [2.05, 4.69) is 10.6 Å². The third kappa shape index (κ3) is 2.49. The van der Waals surface area contributed by atoms with Gasteiger partial charge in [-0.15, -0.1) is 0 Å². The van der Waals surface area contributed by atoms with Gasteiger partial charge >= 0.3 is 0 Å². The summed E-state index contributed by atoms with van der Waals surface area (Å²) >= 11 is 4.77. The summed E-state index contributed by atoms with van der Waals surface area (Å²) in [7, 11) is 0. The van der Waals surface area contributed by atoms with E-state index < -0.39 is 0 Å². The topological polar surface area (TPSA) is 67.2 Å². The first kappa shape index (κ1) is 10.9. The fourth-order valence-corrected chi connectivity index (χ4v) is 1.97. The molecule has 0 spiro atoms. The van der Waals surface area contributed by atoms with Crippen LogP contribution in [0.4, 0.5) is 5.69 Å². The minimum atomic E-state index is 0.109. The fourth-order valence-electron chi connectivity index (χ4n) is 1.85. The van der Waals surface area contributed by atoms with Crippen molar-refractivity contribution in [2.75, 3.05) is 11.9 Å². The van der Waals surface area contributed by atoms with Crippen LogP contribution in [0.1, 0.15) is 17.9 Å². The molecule has 5 heteroatoms. The van der Waals surface area contributed by atoms with Crippen LogP contribution in [-0.2, 0) is 4.79 Å². The zero-order valence-corrected chi connectivity index (χ0v) is 9.51. The summed E-state index contributed by atoms with van der Waals surface area (Å²) in [6.07, 6.45) is 0.552. The zero-order chi connectivity index (χ0) is 11.5. The molecule has 0 aromatic heterocycles. The van der Waals surface area contributed by atoms with Gasteiger partial charge in [0, 0.05) is 24.6 Å². The van der Waals surface area contributed by atoms with Crippen molar-refractivity contribution in [3.05, 3.63) is 29.8 Å². The fraction of sp³-hybridized carbons (Fsp3) is 0.273. The van der Waals surface area contributed by atoms with E-state index in [1.165, 1.54) is 0 Å². The highest BCUT2D eigenvalue weighted by molar-refractivity contribution is 7.80. The second-order valence-corrected chi connectivity index (χ2v) is 4.26. The van der Waals surface area contributed by atoms with Gasteiger partial charge in [-0.1, -0.05) is 12.1 Å². The molecule has 1 heterocycles. The number of carbonyl (C=O) groups excluding carboxylic acids is 1. The van der Waals surface area contributed by atoms with Crippen LogP contribution in [0.3, 0.4) is 0 Å². The molecule has 1 saturated heterocycles. The van der Waals surface area contributed by atoms with Crippen molar-refractivity contribution in [3.63, 3.8) is 0 Å². The predicted molar refractivity (Wildman–Crippen MR) is 67.2 cm³/mol. The lowest BCUT2D eigenvalue weighted by Gasteiger charge is -2.10. The minimum absolute atomic E-state index is 0.109. The Labute approximate surface area is 99.2 Å². The van der Waals surface area contributed by atoms with Crippen LogP contribution >= 0.6 is 12.2 Å². The smallest absolute Gasteiger partial charge is 0.220 e. The van der Waals surface area contributed by atoms with E-state index in [0.717, 1.165) is 11.3 Å². The molecule has 84 valence electrons. The van der Waals surface area contributed by atoms with Gasteiger partial charge in [0.1, 0.15) is 0 Å². The molecule has 16 heavy (non-hydrogen) atoms. The Balaban J connectivity index is 2.15. The number of thiocarbonyl (C=S) groups is 1. The average Bonchev–Trinajstić information content (AvgIpc) is 2.64. The second kappa shape index (κ2) is 4.49. The lowest BCUT2D eigenvalue weighted by molar-refractivity contribution is -0.119. The number of carbonyl (C=O) groups is 1. The van der Waals surface area contributed by atoms with E-state index in [1.807, 2.05) is 24.3 Å². The van der Waals surface area contributed by atoms with Crippen LogP contribution in [0.5, 0.6) is 0 Å². The Kier molecular flexibility index (Phi) is 3.05. The van der Waals surface area contributed by atoms with Crippen LogP contribution in [0.25, 0.3) is 0 Å². The highest BCUT2D eigenvalue weighted by Crippen LogP contribution is 2.25. The first-order chi connectivity index (χ1) is 7.65. The number of hydrogen-bond donors (Lipinski definition) is 3. The summed E-state index contributed by atoms with van der Waals surface area (Å²) in [5.74, 6) is 0.360. The molecule has 0 bridgehead atoms. The molecule has 1 fully saturated rings. The standard InChI is InChI=1S/C11H13N3OS/c12-11(16)14-9-3-1-2-7(4-9)8-5-10(15)13-6-8/h1-4,8H,5-6H2,(H,13,15)(H3,12,14,16). The number of anilines is 1. The van der Waals surface area contributed by atoms with E-state index >= 15 is 0 Å². The zero-order valence-electron chi connectivity index (χ0n) is 8.69.